The lowest BCUT2D eigenvalue weighted by Crippen LogP contribution is -2.34. The van der Waals surface area contributed by atoms with Crippen LogP contribution in [-0.4, -0.2) is 30.3 Å². The molecule has 0 aliphatic carbocycles. The fourth-order valence-corrected chi connectivity index (χ4v) is 2.33. The minimum absolute atomic E-state index is 0.104. The number of para-hydroxylation sites is 1. The van der Waals surface area contributed by atoms with Crippen molar-refractivity contribution in [2.24, 2.45) is 0 Å². The second kappa shape index (κ2) is 6.72. The van der Waals surface area contributed by atoms with Crippen molar-refractivity contribution in [3.8, 4) is 5.75 Å². The van der Waals surface area contributed by atoms with Crippen LogP contribution in [0.25, 0.3) is 21.9 Å². The van der Waals surface area contributed by atoms with E-state index in [9.17, 15) is 9.59 Å². The van der Waals surface area contributed by atoms with E-state index in [-0.39, 0.29) is 24.5 Å². The highest BCUT2D eigenvalue weighted by Crippen LogP contribution is 2.22. The van der Waals surface area contributed by atoms with Gasteiger partial charge in [0.05, 0.1) is 16.9 Å². The van der Waals surface area contributed by atoms with Crippen molar-refractivity contribution in [3.05, 3.63) is 52.7 Å². The molecule has 0 fully saturated rings. The van der Waals surface area contributed by atoms with Crippen LogP contribution in [0.1, 0.15) is 6.92 Å². The summed E-state index contributed by atoms with van der Waals surface area (Å²) < 4.78 is 11.1. The largest absolute Gasteiger partial charge is 0.484 e. The number of carbonyl (C=O) groups excluding carboxylic acids is 1. The smallest absolute Gasteiger partial charge is 0.258 e. The Labute approximate surface area is 137 Å². The van der Waals surface area contributed by atoms with Crippen LogP contribution in [0.5, 0.6) is 5.75 Å². The molecule has 1 amide bonds. The van der Waals surface area contributed by atoms with Gasteiger partial charge >= 0.3 is 0 Å². The molecule has 6 heteroatoms. The number of rotatable bonds is 5. The number of hydrogen-bond acceptors (Lipinski definition) is 5. The molecule has 1 atom stereocenters. The van der Waals surface area contributed by atoms with E-state index in [2.05, 4.69) is 5.32 Å². The summed E-state index contributed by atoms with van der Waals surface area (Å²) in [7, 11) is 0. The van der Waals surface area contributed by atoms with Gasteiger partial charge in [0.25, 0.3) is 5.91 Å². The molecule has 0 saturated carbocycles. The fraction of sp³-hybridized carbons (Fsp3) is 0.222. The molecular weight excluding hydrogens is 310 g/mol. The molecule has 1 heterocycles. The number of fused-ring (bicyclic) bond motifs is 2. The first kappa shape index (κ1) is 16.0. The minimum Gasteiger partial charge on any atom is -0.484 e. The monoisotopic (exact) mass is 327 g/mol. The van der Waals surface area contributed by atoms with Gasteiger partial charge in [-0.3, -0.25) is 9.59 Å². The first-order chi connectivity index (χ1) is 11.5. The molecule has 3 rings (SSSR count). The van der Waals surface area contributed by atoms with E-state index in [0.29, 0.717) is 27.7 Å². The number of carbonyl (C=O) groups is 1. The van der Waals surface area contributed by atoms with Crippen LogP contribution in [0.15, 0.2) is 51.7 Å². The van der Waals surface area contributed by atoms with Crippen molar-refractivity contribution in [2.45, 2.75) is 13.0 Å². The fourth-order valence-electron chi connectivity index (χ4n) is 2.33. The molecule has 6 nitrogen and oxygen atoms in total. The van der Waals surface area contributed by atoms with Gasteiger partial charge < -0.3 is 19.6 Å². The molecule has 2 N–H and O–H groups in total. The Bertz CT molecular complexity index is 945. The van der Waals surface area contributed by atoms with Gasteiger partial charge in [-0.15, -0.1) is 0 Å². The Morgan fingerprint density at radius 1 is 1.21 bits per heavy atom. The number of nitrogens with one attached hydrogen (secondary N) is 1. The van der Waals surface area contributed by atoms with Gasteiger partial charge in [0, 0.05) is 12.6 Å². The Balaban J connectivity index is 1.82. The summed E-state index contributed by atoms with van der Waals surface area (Å²) in [5.74, 6) is 0.0871. The van der Waals surface area contributed by atoms with Gasteiger partial charge in [0.1, 0.15) is 16.9 Å². The normalized spacial score (nSPS) is 12.2. The molecule has 0 radical (unpaired) electrons. The summed E-state index contributed by atoms with van der Waals surface area (Å²) in [5, 5.41) is 12.6. The van der Waals surface area contributed by atoms with Crippen LogP contribution in [0.3, 0.4) is 0 Å². The highest BCUT2D eigenvalue weighted by atomic mass is 16.5. The van der Waals surface area contributed by atoms with E-state index in [4.69, 9.17) is 14.3 Å². The topological polar surface area (TPSA) is 88.8 Å². The summed E-state index contributed by atoms with van der Waals surface area (Å²) >= 11 is 0. The SMILES string of the molecule is C[C@H](O)CNC(=O)COc1ccc2c(=O)c3ccccc3oc2c1. The average molecular weight is 327 g/mol. The summed E-state index contributed by atoms with van der Waals surface area (Å²) in [4.78, 5) is 24.0. The van der Waals surface area contributed by atoms with E-state index < -0.39 is 6.10 Å². The van der Waals surface area contributed by atoms with E-state index >= 15 is 0 Å². The molecule has 0 aliphatic rings. The number of aliphatic hydroxyl groups excluding tert-OH is 1. The summed E-state index contributed by atoms with van der Waals surface area (Å²) in [6, 6.07) is 11.9. The minimum atomic E-state index is -0.614. The maximum Gasteiger partial charge on any atom is 0.258 e. The number of amides is 1. The van der Waals surface area contributed by atoms with E-state index in [1.54, 1.807) is 49.4 Å². The van der Waals surface area contributed by atoms with Gasteiger partial charge in [0.15, 0.2) is 6.61 Å². The number of hydrogen-bond donors (Lipinski definition) is 2. The Hall–Kier alpha value is -2.86. The molecule has 0 unspecified atom stereocenters. The summed E-state index contributed by atoms with van der Waals surface area (Å²) in [6.07, 6.45) is -0.614. The van der Waals surface area contributed by atoms with Crippen LogP contribution < -0.4 is 15.5 Å². The van der Waals surface area contributed by atoms with Crippen molar-refractivity contribution in [2.75, 3.05) is 13.2 Å². The molecule has 3 aromatic rings. The maximum atomic E-state index is 12.4. The standard InChI is InChI=1S/C18H17NO5/c1-11(20)9-19-17(21)10-23-12-6-7-14-16(8-12)24-15-5-3-2-4-13(15)18(14)22/h2-8,11,20H,9-10H2,1H3,(H,19,21)/t11-/m0/s1. The summed E-state index contributed by atoms with van der Waals surface area (Å²) in [5.41, 5.74) is 0.801. The third-order valence-corrected chi connectivity index (χ3v) is 3.51. The molecule has 124 valence electrons. The Morgan fingerprint density at radius 2 is 1.96 bits per heavy atom. The van der Waals surface area contributed by atoms with Crippen LogP contribution in [0, 0.1) is 0 Å². The zero-order valence-electron chi connectivity index (χ0n) is 13.1. The number of benzene rings is 2. The lowest BCUT2D eigenvalue weighted by molar-refractivity contribution is -0.123. The Kier molecular flexibility index (Phi) is 4.48. The lowest BCUT2D eigenvalue weighted by Gasteiger charge is -2.09. The molecule has 0 spiro atoms. The molecule has 1 aromatic heterocycles. The van der Waals surface area contributed by atoms with Crippen molar-refractivity contribution in [3.63, 3.8) is 0 Å². The third-order valence-electron chi connectivity index (χ3n) is 3.51. The maximum absolute atomic E-state index is 12.4. The predicted octanol–water partition coefficient (Wildman–Crippen LogP) is 1.82. The van der Waals surface area contributed by atoms with Gasteiger partial charge in [-0.2, -0.15) is 0 Å². The first-order valence-electron chi connectivity index (χ1n) is 7.58. The summed E-state index contributed by atoms with van der Waals surface area (Å²) in [6.45, 7) is 1.56. The van der Waals surface area contributed by atoms with Crippen molar-refractivity contribution >= 4 is 27.8 Å². The highest BCUT2D eigenvalue weighted by molar-refractivity contribution is 5.90. The van der Waals surface area contributed by atoms with E-state index in [1.165, 1.54) is 0 Å². The zero-order chi connectivity index (χ0) is 17.1. The van der Waals surface area contributed by atoms with Crippen LogP contribution in [-0.2, 0) is 4.79 Å². The van der Waals surface area contributed by atoms with Gasteiger partial charge in [-0.25, -0.2) is 0 Å². The quantitative estimate of drug-likeness (QED) is 0.698. The van der Waals surface area contributed by atoms with E-state index in [0.717, 1.165) is 0 Å². The van der Waals surface area contributed by atoms with Gasteiger partial charge in [-0.1, -0.05) is 12.1 Å². The number of aliphatic hydroxyl groups is 1. The zero-order valence-corrected chi connectivity index (χ0v) is 13.1. The molecule has 0 bridgehead atoms. The first-order valence-corrected chi connectivity index (χ1v) is 7.58. The van der Waals surface area contributed by atoms with Crippen LogP contribution in [0.4, 0.5) is 0 Å². The molecule has 24 heavy (non-hydrogen) atoms. The van der Waals surface area contributed by atoms with E-state index in [1.807, 2.05) is 0 Å². The van der Waals surface area contributed by atoms with Crippen molar-refractivity contribution in [1.29, 1.82) is 0 Å². The molecule has 2 aromatic carbocycles. The van der Waals surface area contributed by atoms with Crippen molar-refractivity contribution < 1.29 is 19.1 Å². The van der Waals surface area contributed by atoms with Crippen LogP contribution >= 0.6 is 0 Å². The number of ether oxygens (including phenoxy) is 1. The Morgan fingerprint density at radius 3 is 2.75 bits per heavy atom. The van der Waals surface area contributed by atoms with Gasteiger partial charge in [0.2, 0.25) is 5.43 Å². The van der Waals surface area contributed by atoms with Crippen molar-refractivity contribution in [1.82, 2.24) is 5.32 Å². The third kappa shape index (κ3) is 3.38. The lowest BCUT2D eigenvalue weighted by atomic mass is 10.1. The second-order valence-electron chi connectivity index (χ2n) is 5.53. The highest BCUT2D eigenvalue weighted by Gasteiger charge is 2.09. The predicted molar refractivity (Wildman–Crippen MR) is 90.2 cm³/mol. The van der Waals surface area contributed by atoms with Crippen LogP contribution in [0.2, 0.25) is 0 Å². The molecular formula is C18H17NO5. The molecule has 0 saturated heterocycles. The second-order valence-corrected chi connectivity index (χ2v) is 5.53. The average Bonchev–Trinajstić information content (AvgIpc) is 2.58. The molecule has 0 aliphatic heterocycles. The van der Waals surface area contributed by atoms with Gasteiger partial charge in [-0.05, 0) is 31.2 Å².